The van der Waals surface area contributed by atoms with Crippen LogP contribution in [0.1, 0.15) is 30.2 Å². The van der Waals surface area contributed by atoms with E-state index in [1.54, 1.807) is 11.8 Å². The van der Waals surface area contributed by atoms with Gasteiger partial charge in [-0.1, -0.05) is 23.7 Å². The highest BCUT2D eigenvalue weighted by atomic mass is 35.5. The maximum absolute atomic E-state index is 12.1. The van der Waals surface area contributed by atoms with Gasteiger partial charge in [0, 0.05) is 31.1 Å². The second-order valence-corrected chi connectivity index (χ2v) is 7.15. The zero-order valence-electron chi connectivity index (χ0n) is 12.3. The summed E-state index contributed by atoms with van der Waals surface area (Å²) in [4.78, 5) is 27.6. The van der Waals surface area contributed by atoms with Gasteiger partial charge in [0.1, 0.15) is 5.37 Å². The fraction of sp³-hybridized carbons (Fsp3) is 0.500. The lowest BCUT2D eigenvalue weighted by Crippen LogP contribution is -2.33. The molecule has 1 aromatic carbocycles. The van der Waals surface area contributed by atoms with Crippen molar-refractivity contribution in [2.24, 2.45) is 0 Å². The molecule has 6 heteroatoms. The van der Waals surface area contributed by atoms with Crippen LogP contribution in [0.4, 0.5) is 0 Å². The molecular weight excluding hydrogens is 320 g/mol. The number of benzene rings is 1. The van der Waals surface area contributed by atoms with Gasteiger partial charge in [-0.15, -0.1) is 11.8 Å². The maximum Gasteiger partial charge on any atom is 0.233 e. The summed E-state index contributed by atoms with van der Waals surface area (Å²) in [7, 11) is 0. The predicted octanol–water partition coefficient (Wildman–Crippen LogP) is 2.93. The first-order valence-corrected chi connectivity index (χ1v) is 9.02. The Morgan fingerprint density at radius 3 is 2.82 bits per heavy atom. The molecule has 3 rings (SSSR count). The largest absolute Gasteiger partial charge is 0.343 e. The van der Waals surface area contributed by atoms with Crippen molar-refractivity contribution in [3.05, 3.63) is 34.9 Å². The van der Waals surface area contributed by atoms with Gasteiger partial charge in [0.2, 0.25) is 11.8 Å². The summed E-state index contributed by atoms with van der Waals surface area (Å²) < 4.78 is 0. The fourth-order valence-electron chi connectivity index (χ4n) is 3.00. The third-order valence-electron chi connectivity index (χ3n) is 4.10. The second-order valence-electron chi connectivity index (χ2n) is 5.64. The van der Waals surface area contributed by atoms with E-state index >= 15 is 0 Å². The minimum Gasteiger partial charge on any atom is -0.343 e. The summed E-state index contributed by atoms with van der Waals surface area (Å²) >= 11 is 7.70. The smallest absolute Gasteiger partial charge is 0.233 e. The zero-order chi connectivity index (χ0) is 15.5. The number of hydrogen-bond donors (Lipinski definition) is 0. The zero-order valence-corrected chi connectivity index (χ0v) is 13.9. The molecule has 0 aromatic heterocycles. The van der Waals surface area contributed by atoms with E-state index in [4.69, 9.17) is 11.6 Å². The molecule has 2 amide bonds. The highest BCUT2D eigenvalue weighted by molar-refractivity contribution is 8.00. The Kier molecular flexibility index (Phi) is 4.93. The van der Waals surface area contributed by atoms with Gasteiger partial charge in [0.25, 0.3) is 0 Å². The van der Waals surface area contributed by atoms with Gasteiger partial charge in [-0.3, -0.25) is 9.59 Å². The molecule has 1 atom stereocenters. The molecule has 0 spiro atoms. The van der Waals surface area contributed by atoms with E-state index in [1.165, 1.54) is 0 Å². The van der Waals surface area contributed by atoms with Crippen molar-refractivity contribution in [3.8, 4) is 0 Å². The van der Waals surface area contributed by atoms with E-state index in [-0.39, 0.29) is 17.2 Å². The number of halogens is 1. The average Bonchev–Trinajstić information content (AvgIpc) is 3.06. The van der Waals surface area contributed by atoms with Gasteiger partial charge < -0.3 is 9.80 Å². The van der Waals surface area contributed by atoms with Crippen LogP contribution in [0.5, 0.6) is 0 Å². The number of carbonyl (C=O) groups excluding carboxylic acids is 2. The highest BCUT2D eigenvalue weighted by Crippen LogP contribution is 2.39. The standard InChI is InChI=1S/C16H19ClN2O2S/c17-13-5-1-4-12(10-13)16-19(15(21)11-22-16)9-3-8-18-7-2-6-14(18)20/h1,4-5,10,16H,2-3,6-9,11H2. The van der Waals surface area contributed by atoms with E-state index in [0.29, 0.717) is 23.7 Å². The van der Waals surface area contributed by atoms with Crippen molar-refractivity contribution in [2.75, 3.05) is 25.4 Å². The molecule has 2 aliphatic rings. The van der Waals surface area contributed by atoms with Crippen molar-refractivity contribution >= 4 is 35.2 Å². The van der Waals surface area contributed by atoms with Crippen molar-refractivity contribution < 1.29 is 9.59 Å². The first kappa shape index (κ1) is 15.7. The number of rotatable bonds is 5. The molecule has 0 N–H and O–H groups in total. The van der Waals surface area contributed by atoms with Crippen LogP contribution >= 0.6 is 23.4 Å². The molecule has 4 nitrogen and oxygen atoms in total. The maximum atomic E-state index is 12.1. The predicted molar refractivity (Wildman–Crippen MR) is 88.8 cm³/mol. The Bertz CT molecular complexity index is 581. The topological polar surface area (TPSA) is 40.6 Å². The van der Waals surface area contributed by atoms with Crippen LogP contribution in [0.2, 0.25) is 5.02 Å². The van der Waals surface area contributed by atoms with Gasteiger partial charge in [0.05, 0.1) is 5.75 Å². The Balaban J connectivity index is 1.60. The van der Waals surface area contributed by atoms with Crippen LogP contribution in [0.3, 0.4) is 0 Å². The summed E-state index contributed by atoms with van der Waals surface area (Å²) in [6.07, 6.45) is 2.46. The summed E-state index contributed by atoms with van der Waals surface area (Å²) in [5.74, 6) is 0.927. The molecule has 2 heterocycles. The summed E-state index contributed by atoms with van der Waals surface area (Å²) in [5, 5.41) is 0.737. The Morgan fingerprint density at radius 2 is 2.09 bits per heavy atom. The van der Waals surface area contributed by atoms with Gasteiger partial charge in [-0.25, -0.2) is 0 Å². The van der Waals surface area contributed by atoms with Crippen LogP contribution in [0, 0.1) is 0 Å². The van der Waals surface area contributed by atoms with E-state index in [0.717, 1.165) is 31.5 Å². The molecule has 0 bridgehead atoms. The van der Waals surface area contributed by atoms with E-state index in [9.17, 15) is 9.59 Å². The molecule has 0 aliphatic carbocycles. The van der Waals surface area contributed by atoms with E-state index in [1.807, 2.05) is 34.1 Å². The fourth-order valence-corrected chi connectivity index (χ4v) is 4.41. The number of hydrogen-bond acceptors (Lipinski definition) is 3. The Labute approximate surface area is 139 Å². The number of amides is 2. The number of nitrogens with zero attached hydrogens (tertiary/aromatic N) is 2. The van der Waals surface area contributed by atoms with Crippen molar-refractivity contribution in [3.63, 3.8) is 0 Å². The molecule has 0 radical (unpaired) electrons. The lowest BCUT2D eigenvalue weighted by molar-refractivity contribution is -0.128. The van der Waals surface area contributed by atoms with Crippen LogP contribution in [0.15, 0.2) is 24.3 Å². The van der Waals surface area contributed by atoms with Gasteiger partial charge in [-0.05, 0) is 30.5 Å². The number of thioether (sulfide) groups is 1. The minimum atomic E-state index is 0.0421. The molecule has 2 fully saturated rings. The lowest BCUT2D eigenvalue weighted by Gasteiger charge is -2.25. The van der Waals surface area contributed by atoms with Crippen LogP contribution < -0.4 is 0 Å². The van der Waals surface area contributed by atoms with E-state index < -0.39 is 0 Å². The molecule has 2 saturated heterocycles. The molecule has 2 aliphatic heterocycles. The molecule has 118 valence electrons. The summed E-state index contributed by atoms with van der Waals surface area (Å²) in [5.41, 5.74) is 1.07. The van der Waals surface area contributed by atoms with Crippen molar-refractivity contribution in [1.29, 1.82) is 0 Å². The third kappa shape index (κ3) is 3.41. The minimum absolute atomic E-state index is 0.0421. The SMILES string of the molecule is O=C1CCCN1CCCN1C(=O)CSC1c1cccc(Cl)c1. The Hall–Kier alpha value is -1.20. The van der Waals surface area contributed by atoms with Crippen molar-refractivity contribution in [1.82, 2.24) is 9.80 Å². The van der Waals surface area contributed by atoms with Crippen LogP contribution in [-0.2, 0) is 9.59 Å². The van der Waals surface area contributed by atoms with Gasteiger partial charge in [0.15, 0.2) is 0 Å². The number of likely N-dealkylation sites (tertiary alicyclic amines) is 1. The molecule has 22 heavy (non-hydrogen) atoms. The average molecular weight is 339 g/mol. The lowest BCUT2D eigenvalue weighted by atomic mass is 10.2. The molecular formula is C16H19ClN2O2S. The van der Waals surface area contributed by atoms with E-state index in [2.05, 4.69) is 0 Å². The highest BCUT2D eigenvalue weighted by Gasteiger charge is 2.32. The van der Waals surface area contributed by atoms with Gasteiger partial charge >= 0.3 is 0 Å². The molecule has 0 saturated carbocycles. The van der Waals surface area contributed by atoms with Gasteiger partial charge in [-0.2, -0.15) is 0 Å². The first-order chi connectivity index (χ1) is 10.6. The van der Waals surface area contributed by atoms with Crippen LogP contribution in [-0.4, -0.2) is 47.0 Å². The third-order valence-corrected chi connectivity index (χ3v) is 5.59. The summed E-state index contributed by atoms with van der Waals surface area (Å²) in [6, 6.07) is 7.70. The molecule has 1 unspecified atom stereocenters. The van der Waals surface area contributed by atoms with Crippen LogP contribution in [0.25, 0.3) is 0 Å². The quantitative estimate of drug-likeness (QED) is 0.828. The second kappa shape index (κ2) is 6.92. The van der Waals surface area contributed by atoms with Crippen molar-refractivity contribution in [2.45, 2.75) is 24.6 Å². The number of carbonyl (C=O) groups is 2. The molecule has 1 aromatic rings. The Morgan fingerprint density at radius 1 is 1.23 bits per heavy atom. The summed E-state index contributed by atoms with van der Waals surface area (Å²) in [6.45, 7) is 2.29. The normalized spacial score (nSPS) is 22.0. The monoisotopic (exact) mass is 338 g/mol. The first-order valence-electron chi connectivity index (χ1n) is 7.59.